The lowest BCUT2D eigenvalue weighted by Gasteiger charge is -2.23. The molecule has 2 atom stereocenters. The van der Waals surface area contributed by atoms with Crippen molar-refractivity contribution in [2.75, 3.05) is 26.0 Å². The van der Waals surface area contributed by atoms with Gasteiger partial charge < -0.3 is 10.5 Å². The molecule has 1 aliphatic rings. The van der Waals surface area contributed by atoms with Gasteiger partial charge in [0.1, 0.15) is 0 Å². The third-order valence-electron chi connectivity index (χ3n) is 3.43. The van der Waals surface area contributed by atoms with Gasteiger partial charge in [-0.1, -0.05) is 19.3 Å². The first-order valence-electron chi connectivity index (χ1n) is 6.02. The number of methoxy groups -OCH3 is 1. The summed E-state index contributed by atoms with van der Waals surface area (Å²) in [6, 6.07) is 0. The maximum absolute atomic E-state index is 12.1. The number of hydrogen-bond donors (Lipinski definition) is 1. The van der Waals surface area contributed by atoms with E-state index in [1.165, 1.54) is 7.11 Å². The Hall–Kier alpha value is -0.130. The van der Waals surface area contributed by atoms with Crippen molar-refractivity contribution in [2.24, 2.45) is 11.7 Å². The molecule has 16 heavy (non-hydrogen) atoms. The van der Waals surface area contributed by atoms with Crippen molar-refractivity contribution in [3.8, 4) is 0 Å². The average molecular weight is 249 g/mol. The Morgan fingerprint density at radius 1 is 1.25 bits per heavy atom. The minimum Gasteiger partial charge on any atom is -0.384 e. The normalized spacial score (nSPS) is 27.6. The maximum Gasteiger partial charge on any atom is 0.155 e. The lowest BCUT2D eigenvalue weighted by molar-refractivity contribution is 0.216. The quantitative estimate of drug-likeness (QED) is 0.737. The van der Waals surface area contributed by atoms with Crippen LogP contribution in [0.1, 0.15) is 32.1 Å². The summed E-state index contributed by atoms with van der Waals surface area (Å²) in [5.41, 5.74) is 5.69. The van der Waals surface area contributed by atoms with Crippen LogP contribution < -0.4 is 5.73 Å². The van der Waals surface area contributed by atoms with Crippen LogP contribution in [0.25, 0.3) is 0 Å². The van der Waals surface area contributed by atoms with Crippen molar-refractivity contribution in [3.63, 3.8) is 0 Å². The summed E-state index contributed by atoms with van der Waals surface area (Å²) in [6.45, 7) is 0.771. The predicted molar refractivity (Wildman–Crippen MR) is 65.1 cm³/mol. The highest BCUT2D eigenvalue weighted by molar-refractivity contribution is 7.92. The van der Waals surface area contributed by atoms with E-state index in [-0.39, 0.29) is 23.5 Å². The zero-order chi connectivity index (χ0) is 12.0. The van der Waals surface area contributed by atoms with Gasteiger partial charge in [0.05, 0.1) is 17.6 Å². The minimum atomic E-state index is -3.04. The number of rotatable bonds is 5. The van der Waals surface area contributed by atoms with E-state index in [1.807, 2.05) is 0 Å². The molecule has 1 saturated carbocycles. The highest BCUT2D eigenvalue weighted by atomic mass is 32.2. The van der Waals surface area contributed by atoms with Crippen molar-refractivity contribution in [1.29, 1.82) is 0 Å². The van der Waals surface area contributed by atoms with Crippen LogP contribution >= 0.6 is 0 Å². The Kier molecular flexibility index (Phi) is 5.72. The van der Waals surface area contributed by atoms with Crippen LogP contribution in [0.5, 0.6) is 0 Å². The molecule has 4 nitrogen and oxygen atoms in total. The van der Waals surface area contributed by atoms with Gasteiger partial charge in [-0.25, -0.2) is 8.42 Å². The topological polar surface area (TPSA) is 69.4 Å². The number of nitrogens with two attached hydrogens (primary N) is 1. The van der Waals surface area contributed by atoms with Crippen molar-refractivity contribution in [3.05, 3.63) is 0 Å². The molecule has 0 heterocycles. The molecule has 2 unspecified atom stereocenters. The lowest BCUT2D eigenvalue weighted by Crippen LogP contribution is -2.36. The van der Waals surface area contributed by atoms with Crippen LogP contribution in [-0.2, 0) is 14.6 Å². The fraction of sp³-hybridized carbons (Fsp3) is 1.00. The molecule has 1 rings (SSSR count). The number of hydrogen-bond acceptors (Lipinski definition) is 4. The zero-order valence-corrected chi connectivity index (χ0v) is 10.8. The summed E-state index contributed by atoms with van der Waals surface area (Å²) in [5, 5.41) is -0.241. The van der Waals surface area contributed by atoms with E-state index < -0.39 is 9.84 Å². The fourth-order valence-corrected chi connectivity index (χ4v) is 4.50. The molecule has 0 radical (unpaired) electrons. The third kappa shape index (κ3) is 3.71. The van der Waals surface area contributed by atoms with Gasteiger partial charge in [-0.2, -0.15) is 0 Å². The number of ether oxygens (including phenoxy) is 1. The molecule has 5 heteroatoms. The summed E-state index contributed by atoms with van der Waals surface area (Å²) in [4.78, 5) is 0. The Morgan fingerprint density at radius 2 is 1.94 bits per heavy atom. The van der Waals surface area contributed by atoms with Gasteiger partial charge in [0.25, 0.3) is 0 Å². The predicted octanol–water partition coefficient (Wildman–Crippen LogP) is 0.955. The van der Waals surface area contributed by atoms with E-state index in [0.29, 0.717) is 6.54 Å². The molecule has 1 fully saturated rings. The summed E-state index contributed by atoms with van der Waals surface area (Å²) < 4.78 is 29.1. The van der Waals surface area contributed by atoms with Gasteiger partial charge in [-0.05, 0) is 25.3 Å². The van der Waals surface area contributed by atoms with Crippen molar-refractivity contribution in [2.45, 2.75) is 37.4 Å². The average Bonchev–Trinajstić information content (AvgIpc) is 2.51. The molecule has 0 amide bonds. The highest BCUT2D eigenvalue weighted by Gasteiger charge is 2.32. The van der Waals surface area contributed by atoms with Crippen LogP contribution in [0.4, 0.5) is 0 Å². The van der Waals surface area contributed by atoms with Gasteiger partial charge >= 0.3 is 0 Å². The lowest BCUT2D eigenvalue weighted by atomic mass is 10.0. The van der Waals surface area contributed by atoms with E-state index in [2.05, 4.69) is 0 Å². The summed E-state index contributed by atoms with van der Waals surface area (Å²) >= 11 is 0. The van der Waals surface area contributed by atoms with Crippen LogP contribution in [0.3, 0.4) is 0 Å². The smallest absolute Gasteiger partial charge is 0.155 e. The molecule has 0 spiro atoms. The van der Waals surface area contributed by atoms with Crippen molar-refractivity contribution >= 4 is 9.84 Å². The van der Waals surface area contributed by atoms with E-state index >= 15 is 0 Å². The van der Waals surface area contributed by atoms with Crippen LogP contribution in [-0.4, -0.2) is 39.7 Å². The second-order valence-corrected chi connectivity index (χ2v) is 6.87. The Bertz CT molecular complexity index is 290. The second kappa shape index (κ2) is 6.57. The molecule has 0 aromatic rings. The second-order valence-electron chi connectivity index (χ2n) is 4.53. The summed E-state index contributed by atoms with van der Waals surface area (Å²) in [5.74, 6) is 0.273. The van der Waals surface area contributed by atoms with Gasteiger partial charge in [0, 0.05) is 7.11 Å². The van der Waals surface area contributed by atoms with Gasteiger partial charge in [-0.3, -0.25) is 0 Å². The molecule has 0 bridgehead atoms. The minimum absolute atomic E-state index is 0.130. The Balaban J connectivity index is 2.72. The SMILES string of the molecule is COCCS(=O)(=O)C1CCCCCC1CN. The Labute approximate surface area is 98.5 Å². The van der Waals surface area contributed by atoms with Crippen LogP contribution in [0, 0.1) is 5.92 Å². The van der Waals surface area contributed by atoms with Crippen molar-refractivity contribution in [1.82, 2.24) is 0 Å². The van der Waals surface area contributed by atoms with E-state index in [1.54, 1.807) is 0 Å². The van der Waals surface area contributed by atoms with E-state index in [9.17, 15) is 8.42 Å². The van der Waals surface area contributed by atoms with Gasteiger partial charge in [0.2, 0.25) is 0 Å². The fourth-order valence-electron chi connectivity index (χ4n) is 2.44. The van der Waals surface area contributed by atoms with E-state index in [0.717, 1.165) is 32.1 Å². The molecule has 1 aliphatic carbocycles. The Morgan fingerprint density at radius 3 is 2.56 bits per heavy atom. The molecule has 0 aromatic heterocycles. The van der Waals surface area contributed by atoms with Crippen LogP contribution in [0.2, 0.25) is 0 Å². The first-order chi connectivity index (χ1) is 7.61. The summed E-state index contributed by atoms with van der Waals surface area (Å²) in [7, 11) is -1.50. The molecule has 0 saturated heterocycles. The highest BCUT2D eigenvalue weighted by Crippen LogP contribution is 2.28. The van der Waals surface area contributed by atoms with Gasteiger partial charge in [0.15, 0.2) is 9.84 Å². The van der Waals surface area contributed by atoms with Gasteiger partial charge in [-0.15, -0.1) is 0 Å². The van der Waals surface area contributed by atoms with Crippen LogP contribution in [0.15, 0.2) is 0 Å². The molecule has 0 aromatic carbocycles. The zero-order valence-electron chi connectivity index (χ0n) is 10.0. The first kappa shape index (κ1) is 13.9. The standard InChI is InChI=1S/C11H23NO3S/c1-15-7-8-16(13,14)11-6-4-2-3-5-10(11)9-12/h10-11H,2-9,12H2,1H3. The molecule has 2 N–H and O–H groups in total. The maximum atomic E-state index is 12.1. The molecule has 96 valence electrons. The number of sulfone groups is 1. The monoisotopic (exact) mass is 249 g/mol. The summed E-state index contributed by atoms with van der Waals surface area (Å²) in [6.07, 6.45) is 4.97. The molecule has 0 aliphatic heterocycles. The molecular formula is C11H23NO3S. The molecular weight excluding hydrogens is 226 g/mol. The first-order valence-corrected chi connectivity index (χ1v) is 7.74. The van der Waals surface area contributed by atoms with Crippen molar-refractivity contribution < 1.29 is 13.2 Å². The largest absolute Gasteiger partial charge is 0.384 e. The van der Waals surface area contributed by atoms with E-state index in [4.69, 9.17) is 10.5 Å². The third-order valence-corrected chi connectivity index (χ3v) is 5.70.